The minimum Gasteiger partial charge on any atom is -0.397 e. The summed E-state index contributed by atoms with van der Waals surface area (Å²) < 4.78 is 0. The van der Waals surface area contributed by atoms with Crippen molar-refractivity contribution in [3.05, 3.63) is 95.2 Å². The van der Waals surface area contributed by atoms with Crippen LogP contribution >= 0.6 is 0 Å². The normalized spacial score (nSPS) is 10.8. The van der Waals surface area contributed by atoms with Crippen LogP contribution in [-0.4, -0.2) is 26.8 Å². The predicted molar refractivity (Wildman–Crippen MR) is 136 cm³/mol. The number of nitrogen functional groups attached to an aromatic ring is 2. The molecule has 0 saturated heterocycles. The highest BCUT2D eigenvalue weighted by molar-refractivity contribution is 6.05. The Kier molecular flexibility index (Phi) is 6.77. The summed E-state index contributed by atoms with van der Waals surface area (Å²) in [4.78, 5) is 26.5. The van der Waals surface area contributed by atoms with E-state index in [1.807, 2.05) is 24.3 Å². The molecule has 4 rings (SSSR count). The Morgan fingerprint density at radius 1 is 0.886 bits per heavy atom. The van der Waals surface area contributed by atoms with Crippen molar-refractivity contribution in [2.24, 2.45) is 0 Å². The summed E-state index contributed by atoms with van der Waals surface area (Å²) >= 11 is 0. The van der Waals surface area contributed by atoms with E-state index in [0.29, 0.717) is 28.5 Å². The van der Waals surface area contributed by atoms with Crippen molar-refractivity contribution in [1.29, 1.82) is 0 Å². The van der Waals surface area contributed by atoms with Crippen LogP contribution in [0.5, 0.6) is 0 Å². The minimum absolute atomic E-state index is 0.0441. The Labute approximate surface area is 203 Å². The van der Waals surface area contributed by atoms with Gasteiger partial charge in [0.25, 0.3) is 11.8 Å². The molecule has 4 aromatic rings. The molecule has 6 N–H and O–H groups in total. The fourth-order valence-corrected chi connectivity index (χ4v) is 3.43. The average Bonchev–Trinajstić information content (AvgIpc) is 3.26. The molecule has 0 aliphatic carbocycles. The van der Waals surface area contributed by atoms with Crippen molar-refractivity contribution in [3.63, 3.8) is 0 Å². The lowest BCUT2D eigenvalue weighted by Gasteiger charge is -2.09. The summed E-state index contributed by atoms with van der Waals surface area (Å²) in [5, 5.41) is 14.0. The summed E-state index contributed by atoms with van der Waals surface area (Å²) in [7, 11) is 0. The molecule has 0 radical (unpaired) electrons. The summed E-state index contributed by atoms with van der Waals surface area (Å²) in [6.45, 7) is 4.47. The van der Waals surface area contributed by atoms with Gasteiger partial charge in [0.2, 0.25) is 0 Å². The van der Waals surface area contributed by atoms with E-state index in [0.717, 1.165) is 5.56 Å². The molecule has 1 heterocycles. The Hall–Kier alpha value is -4.66. The summed E-state index contributed by atoms with van der Waals surface area (Å²) in [5.41, 5.74) is 16.1. The number of para-hydroxylation sites is 2. The van der Waals surface area contributed by atoms with Crippen LogP contribution in [0, 0.1) is 0 Å². The number of nitrogens with two attached hydrogens (primary N) is 2. The summed E-state index contributed by atoms with van der Waals surface area (Å²) in [6, 6.07) is 21.7. The third-order valence-electron chi connectivity index (χ3n) is 5.52. The molecule has 2 amide bonds. The SMILES string of the molecule is CC(C)c1ccc(-n2nc(N)c(C(=O)NCc3ccc(C(=O)Nc4ccccc4N)cc3)n2)cc1. The third-order valence-corrected chi connectivity index (χ3v) is 5.52. The van der Waals surface area contributed by atoms with Crippen LogP contribution in [0.1, 0.15) is 51.7 Å². The zero-order valence-electron chi connectivity index (χ0n) is 19.5. The van der Waals surface area contributed by atoms with Gasteiger partial charge in [0.15, 0.2) is 11.5 Å². The van der Waals surface area contributed by atoms with E-state index in [9.17, 15) is 9.59 Å². The van der Waals surface area contributed by atoms with Crippen molar-refractivity contribution in [2.45, 2.75) is 26.3 Å². The van der Waals surface area contributed by atoms with Gasteiger partial charge in [-0.05, 0) is 53.4 Å². The number of hydrogen-bond donors (Lipinski definition) is 4. The van der Waals surface area contributed by atoms with Crippen molar-refractivity contribution < 1.29 is 9.59 Å². The van der Waals surface area contributed by atoms with Gasteiger partial charge in [-0.15, -0.1) is 15.0 Å². The van der Waals surface area contributed by atoms with Gasteiger partial charge in [0.05, 0.1) is 17.1 Å². The molecule has 0 bridgehead atoms. The first-order valence-electron chi connectivity index (χ1n) is 11.2. The van der Waals surface area contributed by atoms with E-state index in [-0.39, 0.29) is 24.0 Å². The molecule has 0 atom stereocenters. The fourth-order valence-electron chi connectivity index (χ4n) is 3.43. The van der Waals surface area contributed by atoms with Crippen LogP contribution < -0.4 is 22.1 Å². The molecule has 0 aliphatic rings. The number of nitrogens with one attached hydrogen (secondary N) is 2. The standard InChI is InChI=1S/C26H27N7O2/c1-16(2)18-11-13-20(14-12-18)33-31-23(24(28)32-33)26(35)29-15-17-7-9-19(10-8-17)25(34)30-22-6-4-3-5-21(22)27/h3-14,16H,15,27H2,1-2H3,(H2,28,32)(H,29,35)(H,30,34). The topological polar surface area (TPSA) is 141 Å². The molecule has 3 aromatic carbocycles. The van der Waals surface area contributed by atoms with E-state index in [2.05, 4.69) is 34.7 Å². The number of anilines is 3. The molecular weight excluding hydrogens is 442 g/mol. The second-order valence-corrected chi connectivity index (χ2v) is 8.39. The van der Waals surface area contributed by atoms with Gasteiger partial charge < -0.3 is 22.1 Å². The number of nitrogens with zero attached hydrogens (tertiary/aromatic N) is 3. The molecule has 0 saturated carbocycles. The van der Waals surface area contributed by atoms with Gasteiger partial charge in [-0.2, -0.15) is 0 Å². The molecule has 178 valence electrons. The van der Waals surface area contributed by atoms with Crippen LogP contribution in [-0.2, 0) is 6.54 Å². The van der Waals surface area contributed by atoms with E-state index in [1.165, 1.54) is 10.4 Å². The van der Waals surface area contributed by atoms with Gasteiger partial charge in [-0.1, -0.05) is 50.2 Å². The largest absolute Gasteiger partial charge is 0.397 e. The van der Waals surface area contributed by atoms with Crippen LogP contribution in [0.25, 0.3) is 5.69 Å². The highest BCUT2D eigenvalue weighted by Gasteiger charge is 2.17. The van der Waals surface area contributed by atoms with Crippen molar-refractivity contribution >= 4 is 29.0 Å². The number of carbonyl (C=O) groups is 2. The van der Waals surface area contributed by atoms with E-state index in [1.54, 1.807) is 48.5 Å². The molecule has 0 fully saturated rings. The molecular formula is C26H27N7O2. The monoisotopic (exact) mass is 469 g/mol. The molecule has 0 unspecified atom stereocenters. The maximum absolute atomic E-state index is 12.7. The minimum atomic E-state index is -0.436. The number of rotatable bonds is 7. The first-order chi connectivity index (χ1) is 16.8. The Bertz CT molecular complexity index is 1340. The highest BCUT2D eigenvalue weighted by atomic mass is 16.2. The maximum atomic E-state index is 12.7. The molecule has 0 spiro atoms. The Morgan fingerprint density at radius 3 is 2.23 bits per heavy atom. The van der Waals surface area contributed by atoms with E-state index in [4.69, 9.17) is 11.5 Å². The van der Waals surface area contributed by atoms with Crippen molar-refractivity contribution in [2.75, 3.05) is 16.8 Å². The molecule has 1 aromatic heterocycles. The fraction of sp³-hybridized carbons (Fsp3) is 0.154. The van der Waals surface area contributed by atoms with Crippen molar-refractivity contribution in [3.8, 4) is 5.69 Å². The van der Waals surface area contributed by atoms with Crippen molar-refractivity contribution in [1.82, 2.24) is 20.3 Å². The van der Waals surface area contributed by atoms with Gasteiger partial charge in [-0.25, -0.2) is 0 Å². The quantitative estimate of drug-likeness (QED) is 0.304. The second kappa shape index (κ2) is 10.1. The van der Waals surface area contributed by atoms with Crippen LogP contribution in [0.3, 0.4) is 0 Å². The predicted octanol–water partition coefficient (Wildman–Crippen LogP) is 3.74. The van der Waals surface area contributed by atoms with Gasteiger partial charge in [0, 0.05) is 12.1 Å². The summed E-state index contributed by atoms with van der Waals surface area (Å²) in [6.07, 6.45) is 0. The number of aromatic nitrogens is 3. The van der Waals surface area contributed by atoms with Gasteiger partial charge in [0.1, 0.15) is 0 Å². The average molecular weight is 470 g/mol. The smallest absolute Gasteiger partial charge is 0.275 e. The number of hydrogen-bond acceptors (Lipinski definition) is 6. The van der Waals surface area contributed by atoms with Crippen LogP contribution in [0.2, 0.25) is 0 Å². The van der Waals surface area contributed by atoms with Crippen LogP contribution in [0.4, 0.5) is 17.2 Å². The summed E-state index contributed by atoms with van der Waals surface area (Å²) in [5.74, 6) is -0.256. The van der Waals surface area contributed by atoms with Gasteiger partial charge in [-0.3, -0.25) is 9.59 Å². The first kappa shape index (κ1) is 23.5. The number of amides is 2. The third kappa shape index (κ3) is 5.47. The highest BCUT2D eigenvalue weighted by Crippen LogP contribution is 2.19. The Morgan fingerprint density at radius 2 is 1.57 bits per heavy atom. The lowest BCUT2D eigenvalue weighted by Crippen LogP contribution is -2.24. The Balaban J connectivity index is 1.37. The van der Waals surface area contributed by atoms with E-state index < -0.39 is 5.91 Å². The zero-order chi connectivity index (χ0) is 24.9. The molecule has 0 aliphatic heterocycles. The molecule has 35 heavy (non-hydrogen) atoms. The zero-order valence-corrected chi connectivity index (χ0v) is 19.5. The van der Waals surface area contributed by atoms with E-state index >= 15 is 0 Å². The first-order valence-corrected chi connectivity index (χ1v) is 11.2. The lowest BCUT2D eigenvalue weighted by molar-refractivity contribution is 0.0945. The molecule has 9 heteroatoms. The number of carbonyl (C=O) groups excluding carboxylic acids is 2. The maximum Gasteiger partial charge on any atom is 0.275 e. The lowest BCUT2D eigenvalue weighted by atomic mass is 10.0. The number of benzene rings is 3. The van der Waals surface area contributed by atoms with Crippen LogP contribution in [0.15, 0.2) is 72.8 Å². The second-order valence-electron chi connectivity index (χ2n) is 8.39. The molecule has 9 nitrogen and oxygen atoms in total. The van der Waals surface area contributed by atoms with Gasteiger partial charge >= 0.3 is 0 Å².